The molecule has 1 N–H and O–H groups in total. The van der Waals surface area contributed by atoms with Crippen molar-refractivity contribution in [1.82, 2.24) is 15.1 Å². The molecule has 8 heteroatoms. The molecule has 1 saturated heterocycles. The van der Waals surface area contributed by atoms with Crippen molar-refractivity contribution < 1.29 is 18.4 Å². The van der Waals surface area contributed by atoms with Gasteiger partial charge in [0.1, 0.15) is 6.54 Å². The Morgan fingerprint density at radius 2 is 1.79 bits per heavy atom. The number of nitrogens with zero attached hydrogens (tertiary/aromatic N) is 2. The van der Waals surface area contributed by atoms with E-state index in [-0.39, 0.29) is 24.6 Å². The van der Waals surface area contributed by atoms with Crippen LogP contribution in [-0.2, 0) is 11.3 Å². The Bertz CT molecular complexity index is 872. The van der Waals surface area contributed by atoms with Crippen LogP contribution in [0.15, 0.2) is 42.5 Å². The van der Waals surface area contributed by atoms with Crippen LogP contribution >= 0.6 is 11.6 Å². The van der Waals surface area contributed by atoms with Gasteiger partial charge in [-0.15, -0.1) is 0 Å². The third kappa shape index (κ3) is 4.85. The fourth-order valence-corrected chi connectivity index (χ4v) is 3.22. The van der Waals surface area contributed by atoms with Crippen LogP contribution < -0.4 is 5.32 Å². The molecule has 2 amide bonds. The Morgan fingerprint density at radius 1 is 1.07 bits per heavy atom. The third-order valence-corrected chi connectivity index (χ3v) is 4.94. The van der Waals surface area contributed by atoms with E-state index >= 15 is 0 Å². The Labute approximate surface area is 166 Å². The lowest BCUT2D eigenvalue weighted by molar-refractivity contribution is -0.132. The first-order valence-corrected chi connectivity index (χ1v) is 9.29. The number of nitrogens with one attached hydrogen (secondary N) is 1. The minimum absolute atomic E-state index is 0.0286. The first kappa shape index (κ1) is 20.2. The molecular weight excluding hydrogens is 388 g/mol. The molecule has 0 aromatic heterocycles. The number of amides is 2. The zero-order chi connectivity index (χ0) is 20.1. The summed E-state index contributed by atoms with van der Waals surface area (Å²) in [6.07, 6.45) is 0. The summed E-state index contributed by atoms with van der Waals surface area (Å²) < 4.78 is 26.8. The molecule has 1 aliphatic rings. The predicted octanol–water partition coefficient (Wildman–Crippen LogP) is 2.69. The van der Waals surface area contributed by atoms with E-state index in [0.29, 0.717) is 36.8 Å². The van der Waals surface area contributed by atoms with Gasteiger partial charge >= 0.3 is 0 Å². The van der Waals surface area contributed by atoms with Crippen LogP contribution in [0.25, 0.3) is 0 Å². The molecule has 0 atom stereocenters. The third-order valence-electron chi connectivity index (χ3n) is 4.57. The van der Waals surface area contributed by atoms with Crippen LogP contribution in [0.5, 0.6) is 0 Å². The summed E-state index contributed by atoms with van der Waals surface area (Å²) in [5.74, 6) is -2.92. The Hall–Kier alpha value is -2.51. The fourth-order valence-electron chi connectivity index (χ4n) is 3.02. The van der Waals surface area contributed by atoms with Gasteiger partial charge in [0.05, 0.1) is 0 Å². The number of hydrogen-bond acceptors (Lipinski definition) is 3. The predicted molar refractivity (Wildman–Crippen MR) is 102 cm³/mol. The largest absolute Gasteiger partial charge is 0.339 e. The van der Waals surface area contributed by atoms with Gasteiger partial charge in [-0.05, 0) is 29.8 Å². The molecule has 2 aromatic carbocycles. The Morgan fingerprint density at radius 3 is 2.46 bits per heavy atom. The van der Waals surface area contributed by atoms with Gasteiger partial charge in [-0.3, -0.25) is 9.59 Å². The number of rotatable bonds is 5. The monoisotopic (exact) mass is 407 g/mol. The molecule has 0 radical (unpaired) electrons. The molecule has 2 aromatic rings. The average molecular weight is 408 g/mol. The first-order valence-electron chi connectivity index (χ1n) is 8.92. The quantitative estimate of drug-likeness (QED) is 0.829. The molecule has 0 saturated carbocycles. The van der Waals surface area contributed by atoms with E-state index in [9.17, 15) is 18.4 Å². The van der Waals surface area contributed by atoms with Crippen LogP contribution in [0, 0.1) is 11.6 Å². The van der Waals surface area contributed by atoms with Crippen molar-refractivity contribution in [3.05, 3.63) is 70.2 Å². The van der Waals surface area contributed by atoms with Crippen LogP contribution in [-0.4, -0.2) is 54.3 Å². The summed E-state index contributed by atoms with van der Waals surface area (Å²) in [6, 6.07) is 9.92. The average Bonchev–Trinajstić information content (AvgIpc) is 2.71. The first-order chi connectivity index (χ1) is 13.5. The zero-order valence-corrected chi connectivity index (χ0v) is 15.9. The number of hydrogen-bond donors (Lipinski definition) is 1. The van der Waals surface area contributed by atoms with Gasteiger partial charge < -0.3 is 15.1 Å². The minimum Gasteiger partial charge on any atom is -0.339 e. The summed E-state index contributed by atoms with van der Waals surface area (Å²) in [5.41, 5.74) is 0.632. The van der Waals surface area contributed by atoms with Gasteiger partial charge in [0, 0.05) is 43.3 Å². The SMILES string of the molecule is O=C(CN(Cc1ccccc1Cl)C(=O)c1ccc(F)c(F)c1)N1CCNCC1. The van der Waals surface area contributed by atoms with Crippen molar-refractivity contribution in [1.29, 1.82) is 0 Å². The lowest BCUT2D eigenvalue weighted by Crippen LogP contribution is -2.50. The van der Waals surface area contributed by atoms with Gasteiger partial charge in [0.25, 0.3) is 5.91 Å². The van der Waals surface area contributed by atoms with Gasteiger partial charge in [0.2, 0.25) is 5.91 Å². The highest BCUT2D eigenvalue weighted by molar-refractivity contribution is 6.31. The highest BCUT2D eigenvalue weighted by Gasteiger charge is 2.24. The summed E-state index contributed by atoms with van der Waals surface area (Å²) in [6.45, 7) is 2.38. The van der Waals surface area contributed by atoms with Crippen molar-refractivity contribution in [2.45, 2.75) is 6.54 Å². The van der Waals surface area contributed by atoms with Crippen molar-refractivity contribution >= 4 is 23.4 Å². The second kappa shape index (κ2) is 9.12. The van der Waals surface area contributed by atoms with Crippen LogP contribution in [0.1, 0.15) is 15.9 Å². The highest BCUT2D eigenvalue weighted by atomic mass is 35.5. The zero-order valence-electron chi connectivity index (χ0n) is 15.1. The van der Waals surface area contributed by atoms with Gasteiger partial charge in [-0.2, -0.15) is 0 Å². The van der Waals surface area contributed by atoms with E-state index in [2.05, 4.69) is 5.32 Å². The summed E-state index contributed by atoms with van der Waals surface area (Å²) >= 11 is 6.20. The van der Waals surface area contributed by atoms with E-state index in [4.69, 9.17) is 11.6 Å². The molecule has 0 aliphatic carbocycles. The second-order valence-electron chi connectivity index (χ2n) is 6.51. The van der Waals surface area contributed by atoms with E-state index in [1.807, 2.05) is 0 Å². The summed E-state index contributed by atoms with van der Waals surface area (Å²) in [5, 5.41) is 3.62. The minimum atomic E-state index is -1.11. The standard InChI is InChI=1S/C20H20ClF2N3O2/c21-16-4-2-1-3-15(16)12-26(13-19(27)25-9-7-24-8-10-25)20(28)14-5-6-17(22)18(23)11-14/h1-6,11,24H,7-10,12-13H2. The number of piperazine rings is 1. The maximum Gasteiger partial charge on any atom is 0.254 e. The molecule has 5 nitrogen and oxygen atoms in total. The molecule has 1 fully saturated rings. The van der Waals surface area contributed by atoms with Crippen LogP contribution in [0.2, 0.25) is 5.02 Å². The van der Waals surface area contributed by atoms with E-state index < -0.39 is 17.5 Å². The molecule has 0 spiro atoms. The molecule has 0 unspecified atom stereocenters. The molecule has 28 heavy (non-hydrogen) atoms. The maximum atomic E-state index is 13.6. The van der Waals surface area contributed by atoms with Gasteiger partial charge in [-0.1, -0.05) is 29.8 Å². The Kier molecular flexibility index (Phi) is 6.59. The van der Waals surface area contributed by atoms with Gasteiger partial charge in [-0.25, -0.2) is 8.78 Å². The van der Waals surface area contributed by atoms with E-state index in [1.54, 1.807) is 29.2 Å². The summed E-state index contributed by atoms with van der Waals surface area (Å²) in [7, 11) is 0. The van der Waals surface area contributed by atoms with Crippen molar-refractivity contribution in [3.8, 4) is 0 Å². The second-order valence-corrected chi connectivity index (χ2v) is 6.92. The van der Waals surface area contributed by atoms with E-state index in [0.717, 1.165) is 12.1 Å². The van der Waals surface area contributed by atoms with Gasteiger partial charge in [0.15, 0.2) is 11.6 Å². The molecule has 3 rings (SSSR count). The van der Waals surface area contributed by atoms with Crippen LogP contribution in [0.3, 0.4) is 0 Å². The van der Waals surface area contributed by atoms with E-state index in [1.165, 1.54) is 11.0 Å². The molecule has 148 valence electrons. The Balaban J connectivity index is 1.84. The highest BCUT2D eigenvalue weighted by Crippen LogP contribution is 2.19. The number of benzene rings is 2. The molecule has 0 bridgehead atoms. The smallest absolute Gasteiger partial charge is 0.254 e. The fraction of sp³-hybridized carbons (Fsp3) is 0.300. The maximum absolute atomic E-state index is 13.6. The van der Waals surface area contributed by atoms with Crippen molar-refractivity contribution in [3.63, 3.8) is 0 Å². The normalized spacial score (nSPS) is 14.0. The molecule has 1 aliphatic heterocycles. The molecule has 1 heterocycles. The lowest BCUT2D eigenvalue weighted by atomic mass is 10.1. The topological polar surface area (TPSA) is 52.7 Å². The number of carbonyl (C=O) groups excluding carboxylic acids is 2. The van der Waals surface area contributed by atoms with Crippen molar-refractivity contribution in [2.75, 3.05) is 32.7 Å². The number of halogens is 3. The molecular formula is C20H20ClF2N3O2. The van der Waals surface area contributed by atoms with Crippen LogP contribution in [0.4, 0.5) is 8.78 Å². The summed E-state index contributed by atoms with van der Waals surface area (Å²) in [4.78, 5) is 28.6. The lowest BCUT2D eigenvalue weighted by Gasteiger charge is -2.30. The number of carbonyl (C=O) groups is 2. The van der Waals surface area contributed by atoms with Crippen molar-refractivity contribution in [2.24, 2.45) is 0 Å².